The van der Waals surface area contributed by atoms with E-state index in [0.29, 0.717) is 24.8 Å². The van der Waals surface area contributed by atoms with Gasteiger partial charge in [0, 0.05) is 0 Å². The molecule has 0 bridgehead atoms. The van der Waals surface area contributed by atoms with Crippen molar-refractivity contribution in [2.24, 2.45) is 5.73 Å². The van der Waals surface area contributed by atoms with E-state index in [-0.39, 0.29) is 37.2 Å². The highest BCUT2D eigenvalue weighted by Gasteiger charge is 2.22. The van der Waals surface area contributed by atoms with Crippen molar-refractivity contribution in [1.29, 1.82) is 0 Å². The molecule has 0 aromatic heterocycles. The number of carbonyl (C=O) groups excluding carboxylic acids is 4. The maximum atomic E-state index is 12.4. The largest absolute Gasteiger partial charge is 0.514 e. The van der Waals surface area contributed by atoms with Gasteiger partial charge in [0.25, 0.3) is 0 Å². The summed E-state index contributed by atoms with van der Waals surface area (Å²) in [5, 5.41) is 0. The quantitative estimate of drug-likeness (QED) is 0.197. The first kappa shape index (κ1) is 32.5. The average Bonchev–Trinajstić information content (AvgIpc) is 2.86. The first-order valence-electron chi connectivity index (χ1n) is 12.6. The SMILES string of the molecule is CCCOC(=O)O[C@@H](C)COC(=O)[C@@H](N)Cc1ccc(OC(=O)OC(C)CC)c(OC(=O)OC(C)CC)c1. The number of hydrogen-bond acceptors (Lipinski definition) is 12. The molecule has 0 aliphatic heterocycles. The van der Waals surface area contributed by atoms with E-state index in [2.05, 4.69) is 0 Å². The Labute approximate surface area is 223 Å². The van der Waals surface area contributed by atoms with E-state index < -0.39 is 42.7 Å². The molecule has 0 aliphatic carbocycles. The molecular weight excluding hydrogens is 502 g/mol. The molecule has 0 fully saturated rings. The van der Waals surface area contributed by atoms with Gasteiger partial charge in [-0.05, 0) is 64.2 Å². The second-order valence-corrected chi connectivity index (χ2v) is 8.63. The Kier molecular flexibility index (Phi) is 14.6. The number of esters is 1. The van der Waals surface area contributed by atoms with Gasteiger partial charge in [0.05, 0.1) is 6.61 Å². The van der Waals surface area contributed by atoms with Gasteiger partial charge in [-0.2, -0.15) is 0 Å². The third-order valence-electron chi connectivity index (χ3n) is 5.08. The Morgan fingerprint density at radius 3 is 1.87 bits per heavy atom. The summed E-state index contributed by atoms with van der Waals surface area (Å²) < 4.78 is 35.6. The molecule has 0 amide bonds. The van der Waals surface area contributed by atoms with Crippen molar-refractivity contribution in [3.05, 3.63) is 23.8 Å². The van der Waals surface area contributed by atoms with E-state index in [0.717, 1.165) is 0 Å². The number of benzene rings is 1. The lowest BCUT2D eigenvalue weighted by molar-refractivity contribution is -0.148. The van der Waals surface area contributed by atoms with E-state index in [4.69, 9.17) is 38.9 Å². The van der Waals surface area contributed by atoms with E-state index in [1.165, 1.54) is 12.1 Å². The van der Waals surface area contributed by atoms with Crippen LogP contribution in [0.5, 0.6) is 11.5 Å². The van der Waals surface area contributed by atoms with Crippen LogP contribution in [0.1, 0.15) is 66.4 Å². The predicted molar refractivity (Wildman–Crippen MR) is 135 cm³/mol. The Hall–Kier alpha value is -3.54. The van der Waals surface area contributed by atoms with Crippen molar-refractivity contribution in [2.75, 3.05) is 13.2 Å². The van der Waals surface area contributed by atoms with E-state index in [1.807, 2.05) is 20.8 Å². The third kappa shape index (κ3) is 12.6. The van der Waals surface area contributed by atoms with Crippen molar-refractivity contribution in [3.8, 4) is 11.5 Å². The molecule has 0 spiro atoms. The number of hydrogen-bond donors (Lipinski definition) is 1. The van der Waals surface area contributed by atoms with Gasteiger partial charge in [0.1, 0.15) is 31.0 Å². The molecule has 0 radical (unpaired) electrons. The summed E-state index contributed by atoms with van der Waals surface area (Å²) in [6.07, 6.45) is -2.52. The van der Waals surface area contributed by atoms with Crippen LogP contribution < -0.4 is 15.2 Å². The highest BCUT2D eigenvalue weighted by molar-refractivity contribution is 5.76. The Morgan fingerprint density at radius 2 is 1.32 bits per heavy atom. The molecule has 38 heavy (non-hydrogen) atoms. The molecule has 0 saturated heterocycles. The highest BCUT2D eigenvalue weighted by atomic mass is 16.8. The normalized spacial score (nSPS) is 13.8. The van der Waals surface area contributed by atoms with Gasteiger partial charge in [-0.3, -0.25) is 4.79 Å². The van der Waals surface area contributed by atoms with Gasteiger partial charge >= 0.3 is 24.4 Å². The minimum absolute atomic E-state index is 0.000971. The average molecular weight is 542 g/mol. The molecule has 1 aromatic carbocycles. The lowest BCUT2D eigenvalue weighted by atomic mass is 10.1. The van der Waals surface area contributed by atoms with Gasteiger partial charge in [-0.25, -0.2) is 14.4 Å². The Bertz CT molecular complexity index is 920. The summed E-state index contributed by atoms with van der Waals surface area (Å²) in [4.78, 5) is 48.2. The van der Waals surface area contributed by atoms with Crippen molar-refractivity contribution in [3.63, 3.8) is 0 Å². The van der Waals surface area contributed by atoms with Crippen LogP contribution in [-0.2, 0) is 34.9 Å². The van der Waals surface area contributed by atoms with Crippen molar-refractivity contribution in [1.82, 2.24) is 0 Å². The van der Waals surface area contributed by atoms with E-state index >= 15 is 0 Å². The molecule has 0 aliphatic rings. The minimum atomic E-state index is -1.09. The Morgan fingerprint density at radius 1 is 0.763 bits per heavy atom. The monoisotopic (exact) mass is 541 g/mol. The summed E-state index contributed by atoms with van der Waals surface area (Å²) in [7, 11) is 0. The van der Waals surface area contributed by atoms with Gasteiger partial charge in [-0.15, -0.1) is 0 Å². The maximum absolute atomic E-state index is 12.4. The molecule has 0 saturated carbocycles. The van der Waals surface area contributed by atoms with Gasteiger partial charge in [-0.1, -0.05) is 26.8 Å². The molecule has 1 rings (SSSR count). The highest BCUT2D eigenvalue weighted by Crippen LogP contribution is 2.30. The zero-order chi connectivity index (χ0) is 28.7. The summed E-state index contributed by atoms with van der Waals surface area (Å²) >= 11 is 0. The topological polar surface area (TPSA) is 159 Å². The predicted octanol–water partition coefficient (Wildman–Crippen LogP) is 4.68. The molecule has 12 heteroatoms. The Balaban J connectivity index is 2.87. The minimum Gasteiger partial charge on any atom is -0.461 e. The summed E-state index contributed by atoms with van der Waals surface area (Å²) in [5.74, 6) is -0.941. The summed E-state index contributed by atoms with van der Waals surface area (Å²) in [6.45, 7) is 10.5. The smallest absolute Gasteiger partial charge is 0.461 e. The van der Waals surface area contributed by atoms with E-state index in [9.17, 15) is 19.2 Å². The number of ether oxygens (including phenoxy) is 7. The number of rotatable bonds is 14. The standard InChI is InChI=1S/C26H39NO11/c1-7-12-32-24(29)36-18(6)15-33-23(28)20(27)13-19-10-11-21(37-25(30)34-16(4)8-2)22(14-19)38-26(31)35-17(5)9-3/h10-11,14,16-18,20H,7-9,12-13,15,27H2,1-6H3/t16?,17?,18-,20-/m0/s1. The van der Waals surface area contributed by atoms with Gasteiger partial charge in [0.15, 0.2) is 11.5 Å². The molecule has 214 valence electrons. The van der Waals surface area contributed by atoms with Crippen LogP contribution in [0.25, 0.3) is 0 Å². The van der Waals surface area contributed by atoms with Crippen molar-refractivity contribution >= 4 is 24.4 Å². The van der Waals surface area contributed by atoms with Crippen LogP contribution >= 0.6 is 0 Å². The zero-order valence-electron chi connectivity index (χ0n) is 22.9. The lowest BCUT2D eigenvalue weighted by Crippen LogP contribution is -2.36. The second-order valence-electron chi connectivity index (χ2n) is 8.63. The fourth-order valence-corrected chi connectivity index (χ4v) is 2.63. The van der Waals surface area contributed by atoms with Crippen molar-refractivity contribution < 1.29 is 52.3 Å². The van der Waals surface area contributed by atoms with Crippen LogP contribution in [0.4, 0.5) is 14.4 Å². The van der Waals surface area contributed by atoms with E-state index in [1.54, 1.807) is 26.8 Å². The molecule has 2 N–H and O–H groups in total. The van der Waals surface area contributed by atoms with Crippen LogP contribution in [0.15, 0.2) is 18.2 Å². The molecule has 4 atom stereocenters. The second kappa shape index (κ2) is 17.1. The lowest BCUT2D eigenvalue weighted by Gasteiger charge is -2.17. The van der Waals surface area contributed by atoms with Crippen LogP contribution in [0.2, 0.25) is 0 Å². The number of carbonyl (C=O) groups is 4. The molecule has 0 heterocycles. The molecule has 1 aromatic rings. The molecule has 12 nitrogen and oxygen atoms in total. The van der Waals surface area contributed by atoms with Crippen LogP contribution in [0.3, 0.4) is 0 Å². The maximum Gasteiger partial charge on any atom is 0.514 e. The van der Waals surface area contributed by atoms with Gasteiger partial charge in [0.2, 0.25) is 0 Å². The van der Waals surface area contributed by atoms with Crippen molar-refractivity contribution in [2.45, 2.75) is 91.6 Å². The first-order valence-corrected chi connectivity index (χ1v) is 12.6. The molecule has 2 unspecified atom stereocenters. The fraction of sp³-hybridized carbons (Fsp3) is 0.615. The van der Waals surface area contributed by atoms with Gasteiger partial charge < -0.3 is 38.9 Å². The molecular formula is C26H39NO11. The summed E-state index contributed by atoms with van der Waals surface area (Å²) in [6, 6.07) is 3.24. The third-order valence-corrected chi connectivity index (χ3v) is 5.08. The number of nitrogens with two attached hydrogens (primary N) is 1. The summed E-state index contributed by atoms with van der Waals surface area (Å²) in [5.41, 5.74) is 6.46. The van der Waals surface area contributed by atoms with Crippen LogP contribution in [0, 0.1) is 0 Å². The fourth-order valence-electron chi connectivity index (χ4n) is 2.63. The first-order chi connectivity index (χ1) is 18.0. The van der Waals surface area contributed by atoms with Crippen LogP contribution in [-0.4, -0.2) is 62.0 Å². The zero-order valence-corrected chi connectivity index (χ0v) is 22.9.